The Bertz CT molecular complexity index is 603. The van der Waals surface area contributed by atoms with Crippen LogP contribution in [0.25, 0.3) is 0 Å². The van der Waals surface area contributed by atoms with Crippen molar-refractivity contribution in [3.63, 3.8) is 0 Å². The molecule has 0 aliphatic carbocycles. The summed E-state index contributed by atoms with van der Waals surface area (Å²) in [5.74, 6) is 0. The van der Waals surface area contributed by atoms with Crippen molar-refractivity contribution < 1.29 is 26.2 Å². The third-order valence-corrected chi connectivity index (χ3v) is 7.91. The van der Waals surface area contributed by atoms with Crippen LogP contribution in [0.4, 0.5) is 0 Å². The van der Waals surface area contributed by atoms with Gasteiger partial charge in [0.2, 0.25) is 0 Å². The van der Waals surface area contributed by atoms with Crippen LogP contribution < -0.4 is 0 Å². The molecule has 0 aliphatic heterocycles. The first-order valence-corrected chi connectivity index (χ1v) is 11.3. The van der Waals surface area contributed by atoms with Gasteiger partial charge in [-0.05, 0) is 47.1 Å². The van der Waals surface area contributed by atoms with Crippen LogP contribution in [0.3, 0.4) is 0 Å². The lowest BCUT2D eigenvalue weighted by Crippen LogP contribution is -2.57. The second kappa shape index (κ2) is 8.07. The third kappa shape index (κ3) is 6.27. The van der Waals surface area contributed by atoms with Crippen LogP contribution in [0.2, 0.25) is 0 Å². The molecule has 1 aromatic carbocycles. The molecule has 0 fully saturated rings. The summed E-state index contributed by atoms with van der Waals surface area (Å²) in [7, 11) is -7.89. The van der Waals surface area contributed by atoms with E-state index >= 15 is 0 Å². The summed E-state index contributed by atoms with van der Waals surface area (Å²) < 4.78 is 50.8. The molecule has 0 aliphatic rings. The van der Waals surface area contributed by atoms with E-state index in [-0.39, 0.29) is 12.2 Å². The van der Waals surface area contributed by atoms with Gasteiger partial charge in [0.1, 0.15) is 0 Å². The molecule has 0 saturated heterocycles. The minimum absolute atomic E-state index is 0.226. The summed E-state index contributed by atoms with van der Waals surface area (Å²) >= 11 is 0. The van der Waals surface area contributed by atoms with Gasteiger partial charge in [0.25, 0.3) is 10.1 Å². The standard InChI is InChI=1S/C16H28O6SSi/c1-13(2)20-24(21-14(3)4,12-15-10-8-7-9-11-15)22-16(5,6)23(17,18)19/h7-11,13-14H,12H2,1-6H3,(H,17,18,19). The van der Waals surface area contributed by atoms with E-state index in [1.165, 1.54) is 13.8 Å². The van der Waals surface area contributed by atoms with E-state index in [0.29, 0.717) is 6.04 Å². The Morgan fingerprint density at radius 2 is 1.50 bits per heavy atom. The van der Waals surface area contributed by atoms with Gasteiger partial charge in [0.15, 0.2) is 4.93 Å². The molecular formula is C16H28O6SSi. The first-order valence-electron chi connectivity index (χ1n) is 7.94. The van der Waals surface area contributed by atoms with Gasteiger partial charge in [-0.1, -0.05) is 30.3 Å². The molecule has 0 spiro atoms. The molecule has 1 rings (SSSR count). The van der Waals surface area contributed by atoms with Crippen LogP contribution >= 0.6 is 0 Å². The molecule has 24 heavy (non-hydrogen) atoms. The molecule has 138 valence electrons. The van der Waals surface area contributed by atoms with Crippen LogP contribution in [0, 0.1) is 0 Å². The second-order valence-corrected chi connectivity index (χ2v) is 11.0. The molecule has 0 heterocycles. The number of benzene rings is 1. The van der Waals surface area contributed by atoms with Crippen molar-refractivity contribution in [2.45, 2.75) is 64.7 Å². The Morgan fingerprint density at radius 3 is 1.88 bits per heavy atom. The highest BCUT2D eigenvalue weighted by Gasteiger charge is 2.51. The van der Waals surface area contributed by atoms with Crippen LogP contribution in [0.1, 0.15) is 47.1 Å². The molecule has 0 amide bonds. The molecule has 0 saturated carbocycles. The first kappa shape index (κ1) is 21.3. The highest BCUT2D eigenvalue weighted by atomic mass is 32.2. The molecule has 8 heteroatoms. The highest BCUT2D eigenvalue weighted by molar-refractivity contribution is 7.87. The maximum absolute atomic E-state index is 11.7. The van der Waals surface area contributed by atoms with Crippen molar-refractivity contribution in [3.05, 3.63) is 35.9 Å². The van der Waals surface area contributed by atoms with Gasteiger partial charge < -0.3 is 13.3 Å². The zero-order valence-electron chi connectivity index (χ0n) is 15.1. The van der Waals surface area contributed by atoms with E-state index in [1.54, 1.807) is 0 Å². The lowest BCUT2D eigenvalue weighted by molar-refractivity contribution is -0.0123. The predicted molar refractivity (Wildman–Crippen MR) is 95.1 cm³/mol. The van der Waals surface area contributed by atoms with Gasteiger partial charge in [0.05, 0.1) is 0 Å². The summed E-state index contributed by atoms with van der Waals surface area (Å²) in [6.07, 6.45) is -0.451. The van der Waals surface area contributed by atoms with Crippen molar-refractivity contribution in [3.8, 4) is 0 Å². The Labute approximate surface area is 146 Å². The van der Waals surface area contributed by atoms with E-state index in [4.69, 9.17) is 13.3 Å². The molecule has 0 bridgehead atoms. The largest absolute Gasteiger partial charge is 0.507 e. The number of hydrogen-bond acceptors (Lipinski definition) is 5. The molecule has 0 aromatic heterocycles. The van der Waals surface area contributed by atoms with Gasteiger partial charge in [-0.3, -0.25) is 4.55 Å². The fraction of sp³-hybridized carbons (Fsp3) is 0.625. The van der Waals surface area contributed by atoms with Crippen molar-refractivity contribution in [2.75, 3.05) is 0 Å². The third-order valence-electron chi connectivity index (χ3n) is 3.12. The lowest BCUT2D eigenvalue weighted by atomic mass is 10.2. The van der Waals surface area contributed by atoms with Gasteiger partial charge in [-0.15, -0.1) is 0 Å². The zero-order chi connectivity index (χ0) is 18.6. The molecule has 6 nitrogen and oxygen atoms in total. The summed E-state index contributed by atoms with van der Waals surface area (Å²) in [6, 6.07) is 9.77. The van der Waals surface area contributed by atoms with Gasteiger partial charge in [0, 0.05) is 18.3 Å². The van der Waals surface area contributed by atoms with E-state index in [2.05, 4.69) is 0 Å². The zero-order valence-corrected chi connectivity index (χ0v) is 17.0. The minimum Gasteiger partial charge on any atom is -0.371 e. The molecule has 1 aromatic rings. The summed E-state index contributed by atoms with van der Waals surface area (Å²) in [5, 5.41) is 0. The molecular weight excluding hydrogens is 348 g/mol. The van der Waals surface area contributed by atoms with Gasteiger partial charge >= 0.3 is 8.80 Å². The average Bonchev–Trinajstić information content (AvgIpc) is 2.35. The van der Waals surface area contributed by atoms with Crippen LogP contribution in [-0.4, -0.2) is 38.9 Å². The fourth-order valence-electron chi connectivity index (χ4n) is 2.19. The maximum Gasteiger partial charge on any atom is 0.507 e. The van der Waals surface area contributed by atoms with Crippen LogP contribution in [0.15, 0.2) is 30.3 Å². The normalized spacial score (nSPS) is 13.7. The predicted octanol–water partition coefficient (Wildman–Crippen LogP) is 3.20. The Kier molecular flexibility index (Phi) is 7.15. The SMILES string of the molecule is CC(C)O[Si](Cc1ccccc1)(OC(C)C)OC(C)(C)S(=O)(=O)O. The Balaban J connectivity index is 3.29. The molecule has 0 atom stereocenters. The van der Waals surface area contributed by atoms with Gasteiger partial charge in [-0.2, -0.15) is 8.42 Å². The number of rotatable bonds is 9. The second-order valence-electron chi connectivity index (χ2n) is 6.66. The average molecular weight is 377 g/mol. The topological polar surface area (TPSA) is 82.1 Å². The molecule has 0 unspecified atom stereocenters. The quantitative estimate of drug-likeness (QED) is 0.526. The summed E-state index contributed by atoms with van der Waals surface area (Å²) in [5.41, 5.74) is 0.914. The van der Waals surface area contributed by atoms with E-state index < -0.39 is 23.9 Å². The van der Waals surface area contributed by atoms with Crippen molar-refractivity contribution in [1.29, 1.82) is 0 Å². The summed E-state index contributed by atoms with van der Waals surface area (Å²) in [6.45, 7) is 9.92. The van der Waals surface area contributed by atoms with Crippen LogP contribution in [-0.2, 0) is 29.4 Å². The Hall–Kier alpha value is -0.773. The minimum atomic E-state index is -4.45. The number of hydrogen-bond donors (Lipinski definition) is 1. The van der Waals surface area contributed by atoms with Crippen molar-refractivity contribution in [1.82, 2.24) is 0 Å². The first-order chi connectivity index (χ1) is 10.9. The van der Waals surface area contributed by atoms with E-state index in [1.807, 2.05) is 58.0 Å². The van der Waals surface area contributed by atoms with Crippen LogP contribution in [0.5, 0.6) is 0 Å². The Morgan fingerprint density at radius 1 is 1.04 bits per heavy atom. The smallest absolute Gasteiger partial charge is 0.371 e. The molecule has 0 radical (unpaired) electrons. The van der Waals surface area contributed by atoms with Crippen molar-refractivity contribution >= 4 is 18.9 Å². The fourth-order valence-corrected chi connectivity index (χ4v) is 6.30. The summed E-state index contributed by atoms with van der Waals surface area (Å²) in [4.78, 5) is -1.84. The highest BCUT2D eigenvalue weighted by Crippen LogP contribution is 2.29. The van der Waals surface area contributed by atoms with E-state index in [0.717, 1.165) is 5.56 Å². The van der Waals surface area contributed by atoms with Gasteiger partial charge in [-0.25, -0.2) is 0 Å². The van der Waals surface area contributed by atoms with E-state index in [9.17, 15) is 13.0 Å². The van der Waals surface area contributed by atoms with Crippen molar-refractivity contribution in [2.24, 2.45) is 0 Å². The maximum atomic E-state index is 11.7. The monoisotopic (exact) mass is 376 g/mol. The lowest BCUT2D eigenvalue weighted by Gasteiger charge is -2.38. The molecule has 1 N–H and O–H groups in total.